The molecule has 0 aliphatic rings. The molecular weight excluding hydrogens is 253 g/mol. The first kappa shape index (κ1) is 14.6. The number of hydrogen-bond donors (Lipinski definition) is 1. The van der Waals surface area contributed by atoms with Gasteiger partial charge < -0.3 is 5.32 Å². The maximum atomic E-state index is 6.04. The molecule has 1 aromatic rings. The first-order valence-electron chi connectivity index (χ1n) is 5.90. The highest BCUT2D eigenvalue weighted by molar-refractivity contribution is 6.42. The van der Waals surface area contributed by atoms with Crippen molar-refractivity contribution < 1.29 is 0 Å². The van der Waals surface area contributed by atoms with Crippen molar-refractivity contribution >= 4 is 23.2 Å². The molecule has 1 rings (SSSR count). The van der Waals surface area contributed by atoms with Crippen LogP contribution in [0.3, 0.4) is 0 Å². The number of nitrogens with one attached hydrogen (secondary N) is 1. The topological polar surface area (TPSA) is 12.0 Å². The monoisotopic (exact) mass is 271 g/mol. The van der Waals surface area contributed by atoms with Crippen LogP contribution < -0.4 is 5.32 Å². The molecule has 1 aromatic carbocycles. The van der Waals surface area contributed by atoms with Crippen LogP contribution in [0.2, 0.25) is 10.0 Å². The predicted molar refractivity (Wildman–Crippen MR) is 76.9 cm³/mol. The fraction of sp³-hybridized carbons (Fsp3) is 0.429. The molecule has 0 bridgehead atoms. The minimum absolute atomic E-state index is 0.305. The van der Waals surface area contributed by atoms with Gasteiger partial charge in [0, 0.05) is 12.1 Å². The Bertz CT molecular complexity index is 376. The average molecular weight is 272 g/mol. The van der Waals surface area contributed by atoms with Crippen molar-refractivity contribution in [2.45, 2.75) is 38.8 Å². The Morgan fingerprint density at radius 3 is 2.59 bits per heavy atom. The van der Waals surface area contributed by atoms with Crippen molar-refractivity contribution in [2.75, 3.05) is 0 Å². The van der Waals surface area contributed by atoms with Crippen LogP contribution in [-0.4, -0.2) is 6.04 Å². The molecule has 0 spiro atoms. The van der Waals surface area contributed by atoms with Crippen molar-refractivity contribution in [1.29, 1.82) is 0 Å². The van der Waals surface area contributed by atoms with Gasteiger partial charge in [-0.1, -0.05) is 42.3 Å². The highest BCUT2D eigenvalue weighted by Gasteiger charge is 2.12. The second-order valence-electron chi connectivity index (χ2n) is 4.23. The summed E-state index contributed by atoms with van der Waals surface area (Å²) in [7, 11) is 0. The highest BCUT2D eigenvalue weighted by Crippen LogP contribution is 2.27. The van der Waals surface area contributed by atoms with Gasteiger partial charge in [0.25, 0.3) is 0 Å². The summed E-state index contributed by atoms with van der Waals surface area (Å²) >= 11 is 12.0. The number of benzene rings is 1. The van der Waals surface area contributed by atoms with Crippen molar-refractivity contribution in [2.24, 2.45) is 0 Å². The maximum absolute atomic E-state index is 6.04. The SMILES string of the molecule is C=CCC(C)NC(CC)c1ccc(Cl)c(Cl)c1. The van der Waals surface area contributed by atoms with Crippen molar-refractivity contribution in [3.8, 4) is 0 Å². The molecule has 0 aromatic heterocycles. The second kappa shape index (κ2) is 7.05. The maximum Gasteiger partial charge on any atom is 0.0595 e. The summed E-state index contributed by atoms with van der Waals surface area (Å²) in [6.45, 7) is 8.06. The molecule has 2 unspecified atom stereocenters. The smallest absolute Gasteiger partial charge is 0.0595 e. The minimum Gasteiger partial charge on any atom is -0.307 e. The van der Waals surface area contributed by atoms with Gasteiger partial charge in [-0.3, -0.25) is 0 Å². The van der Waals surface area contributed by atoms with Gasteiger partial charge in [-0.25, -0.2) is 0 Å². The van der Waals surface area contributed by atoms with Crippen LogP contribution in [0.1, 0.15) is 38.3 Å². The Kier molecular flexibility index (Phi) is 6.04. The average Bonchev–Trinajstić information content (AvgIpc) is 2.30. The van der Waals surface area contributed by atoms with E-state index in [0.717, 1.165) is 12.8 Å². The van der Waals surface area contributed by atoms with Crippen LogP contribution in [0.25, 0.3) is 0 Å². The summed E-state index contributed by atoms with van der Waals surface area (Å²) in [5, 5.41) is 4.77. The molecule has 2 atom stereocenters. The lowest BCUT2D eigenvalue weighted by Gasteiger charge is -2.22. The molecule has 0 heterocycles. The van der Waals surface area contributed by atoms with Gasteiger partial charge in [0.2, 0.25) is 0 Å². The van der Waals surface area contributed by atoms with Crippen LogP contribution in [0.15, 0.2) is 30.9 Å². The van der Waals surface area contributed by atoms with E-state index in [2.05, 4.69) is 25.7 Å². The van der Waals surface area contributed by atoms with Crippen LogP contribution in [-0.2, 0) is 0 Å². The Labute approximate surface area is 114 Å². The molecule has 17 heavy (non-hydrogen) atoms. The van der Waals surface area contributed by atoms with Crippen LogP contribution in [0.4, 0.5) is 0 Å². The summed E-state index contributed by atoms with van der Waals surface area (Å²) in [5.41, 5.74) is 1.18. The number of rotatable bonds is 6. The standard InChI is InChI=1S/C14H19Cl2N/c1-4-6-10(3)17-14(5-2)11-7-8-12(15)13(16)9-11/h4,7-10,14,17H,1,5-6H2,2-3H3. The Morgan fingerprint density at radius 1 is 1.35 bits per heavy atom. The zero-order valence-corrected chi connectivity index (χ0v) is 11.9. The number of halogens is 2. The predicted octanol–water partition coefficient (Wildman–Crippen LogP) is 5.00. The fourth-order valence-corrected chi connectivity index (χ4v) is 2.15. The van der Waals surface area contributed by atoms with E-state index in [1.807, 2.05) is 24.3 Å². The molecular formula is C14H19Cl2N. The Hall–Kier alpha value is -0.500. The van der Waals surface area contributed by atoms with Gasteiger partial charge in [-0.2, -0.15) is 0 Å². The van der Waals surface area contributed by atoms with E-state index in [9.17, 15) is 0 Å². The summed E-state index contributed by atoms with van der Waals surface area (Å²) < 4.78 is 0. The van der Waals surface area contributed by atoms with Gasteiger partial charge in [0.15, 0.2) is 0 Å². The molecule has 0 saturated heterocycles. The molecule has 94 valence electrons. The summed E-state index contributed by atoms with van der Waals surface area (Å²) in [4.78, 5) is 0. The lowest BCUT2D eigenvalue weighted by atomic mass is 10.0. The first-order valence-corrected chi connectivity index (χ1v) is 6.66. The highest BCUT2D eigenvalue weighted by atomic mass is 35.5. The van der Waals surface area contributed by atoms with Crippen LogP contribution in [0, 0.1) is 0 Å². The molecule has 1 nitrogen and oxygen atoms in total. The molecule has 3 heteroatoms. The third-order valence-electron chi connectivity index (χ3n) is 2.76. The quantitative estimate of drug-likeness (QED) is 0.719. The molecule has 0 radical (unpaired) electrons. The zero-order valence-electron chi connectivity index (χ0n) is 10.3. The normalized spacial score (nSPS) is 14.4. The summed E-state index contributed by atoms with van der Waals surface area (Å²) in [6.07, 6.45) is 3.90. The van der Waals surface area contributed by atoms with Gasteiger partial charge >= 0.3 is 0 Å². The van der Waals surface area contributed by atoms with Crippen molar-refractivity contribution in [3.05, 3.63) is 46.5 Å². The molecule has 0 aliphatic heterocycles. The third kappa shape index (κ3) is 4.34. The van der Waals surface area contributed by atoms with E-state index in [-0.39, 0.29) is 0 Å². The zero-order chi connectivity index (χ0) is 12.8. The Morgan fingerprint density at radius 2 is 2.06 bits per heavy atom. The fourth-order valence-electron chi connectivity index (χ4n) is 1.84. The van der Waals surface area contributed by atoms with Gasteiger partial charge in [-0.15, -0.1) is 6.58 Å². The van der Waals surface area contributed by atoms with Gasteiger partial charge in [-0.05, 0) is 37.5 Å². The van der Waals surface area contributed by atoms with E-state index in [4.69, 9.17) is 23.2 Å². The van der Waals surface area contributed by atoms with Gasteiger partial charge in [0.1, 0.15) is 0 Å². The van der Waals surface area contributed by atoms with Crippen molar-refractivity contribution in [3.63, 3.8) is 0 Å². The van der Waals surface area contributed by atoms with Crippen LogP contribution >= 0.6 is 23.2 Å². The first-order chi connectivity index (χ1) is 8.08. The molecule has 0 aliphatic carbocycles. The molecule has 1 N–H and O–H groups in total. The van der Waals surface area contributed by atoms with Crippen molar-refractivity contribution in [1.82, 2.24) is 5.32 Å². The van der Waals surface area contributed by atoms with E-state index in [0.29, 0.717) is 22.1 Å². The van der Waals surface area contributed by atoms with Crippen LogP contribution in [0.5, 0.6) is 0 Å². The third-order valence-corrected chi connectivity index (χ3v) is 3.50. The molecule has 0 saturated carbocycles. The Balaban J connectivity index is 2.78. The lowest BCUT2D eigenvalue weighted by Crippen LogP contribution is -2.29. The van der Waals surface area contributed by atoms with E-state index in [1.54, 1.807) is 0 Å². The summed E-state index contributed by atoms with van der Waals surface area (Å²) in [5.74, 6) is 0. The second-order valence-corrected chi connectivity index (χ2v) is 5.04. The minimum atomic E-state index is 0.305. The van der Waals surface area contributed by atoms with E-state index >= 15 is 0 Å². The summed E-state index contributed by atoms with van der Waals surface area (Å²) in [6, 6.07) is 6.52. The van der Waals surface area contributed by atoms with E-state index < -0.39 is 0 Å². The lowest BCUT2D eigenvalue weighted by molar-refractivity contribution is 0.448. The molecule has 0 amide bonds. The largest absolute Gasteiger partial charge is 0.307 e. The van der Waals surface area contributed by atoms with E-state index in [1.165, 1.54) is 5.56 Å². The molecule has 0 fully saturated rings. The number of hydrogen-bond acceptors (Lipinski definition) is 1. The van der Waals surface area contributed by atoms with Gasteiger partial charge in [0.05, 0.1) is 10.0 Å².